The number of hydrogen-bond acceptors (Lipinski definition) is 2. The van der Waals surface area contributed by atoms with Crippen molar-refractivity contribution in [3.8, 4) is 0 Å². The molecule has 0 spiro atoms. The van der Waals surface area contributed by atoms with Gasteiger partial charge in [-0.2, -0.15) is 0 Å². The van der Waals surface area contributed by atoms with Crippen LogP contribution in [0.2, 0.25) is 5.02 Å². The van der Waals surface area contributed by atoms with Crippen LogP contribution >= 0.6 is 11.6 Å². The maximum absolute atomic E-state index is 10.7. The molecule has 1 aromatic rings. The van der Waals surface area contributed by atoms with E-state index in [1.54, 1.807) is 6.07 Å². The molecule has 0 saturated heterocycles. The fourth-order valence-electron chi connectivity index (χ4n) is 1.31. The minimum Gasteiger partial charge on any atom is -0.480 e. The second kappa shape index (κ2) is 3.98. The van der Waals surface area contributed by atoms with Crippen molar-refractivity contribution in [3.63, 3.8) is 0 Å². The molecular weight excluding hydrogens is 202 g/mol. The molecule has 1 unspecified atom stereocenters. The maximum Gasteiger partial charge on any atom is 0.325 e. The Morgan fingerprint density at radius 1 is 1.43 bits per heavy atom. The van der Waals surface area contributed by atoms with E-state index >= 15 is 0 Å². The number of aryl methyl sites for hydroxylation is 2. The summed E-state index contributed by atoms with van der Waals surface area (Å²) < 4.78 is 0. The van der Waals surface area contributed by atoms with Gasteiger partial charge in [0.05, 0.1) is 0 Å². The Hall–Kier alpha value is -1.06. The van der Waals surface area contributed by atoms with Crippen LogP contribution in [0.3, 0.4) is 0 Å². The van der Waals surface area contributed by atoms with Gasteiger partial charge in [0.1, 0.15) is 6.04 Å². The van der Waals surface area contributed by atoms with Crippen molar-refractivity contribution in [2.45, 2.75) is 19.9 Å². The molecule has 0 aromatic heterocycles. The van der Waals surface area contributed by atoms with E-state index in [2.05, 4.69) is 0 Å². The minimum absolute atomic E-state index is 0.544. The molecule has 14 heavy (non-hydrogen) atoms. The fraction of sp³-hybridized carbons (Fsp3) is 0.300. The largest absolute Gasteiger partial charge is 0.480 e. The van der Waals surface area contributed by atoms with E-state index in [1.165, 1.54) is 0 Å². The quantitative estimate of drug-likeness (QED) is 0.790. The molecule has 0 aliphatic rings. The maximum atomic E-state index is 10.7. The lowest BCUT2D eigenvalue weighted by molar-refractivity contribution is -0.138. The summed E-state index contributed by atoms with van der Waals surface area (Å²) in [6, 6.07) is 2.44. The first kappa shape index (κ1) is 11.0. The van der Waals surface area contributed by atoms with Crippen LogP contribution in [0.25, 0.3) is 0 Å². The lowest BCUT2D eigenvalue weighted by Gasteiger charge is -2.12. The van der Waals surface area contributed by atoms with E-state index in [9.17, 15) is 4.79 Å². The summed E-state index contributed by atoms with van der Waals surface area (Å²) in [4.78, 5) is 10.7. The molecule has 0 fully saturated rings. The molecular formula is C10H12ClNO2. The van der Waals surface area contributed by atoms with Crippen LogP contribution in [0.15, 0.2) is 12.1 Å². The number of carboxylic acid groups (broad SMARTS) is 1. The Balaban J connectivity index is 3.22. The first-order valence-electron chi connectivity index (χ1n) is 4.18. The van der Waals surface area contributed by atoms with Crippen molar-refractivity contribution < 1.29 is 9.90 Å². The van der Waals surface area contributed by atoms with Gasteiger partial charge in [0, 0.05) is 5.02 Å². The fourth-order valence-corrected chi connectivity index (χ4v) is 1.48. The molecule has 0 heterocycles. The molecule has 3 N–H and O–H groups in total. The summed E-state index contributed by atoms with van der Waals surface area (Å²) >= 11 is 5.89. The van der Waals surface area contributed by atoms with Crippen molar-refractivity contribution in [3.05, 3.63) is 33.8 Å². The minimum atomic E-state index is -1.05. The van der Waals surface area contributed by atoms with Gasteiger partial charge < -0.3 is 10.8 Å². The highest BCUT2D eigenvalue weighted by molar-refractivity contribution is 6.31. The molecule has 0 bridgehead atoms. The SMILES string of the molecule is Cc1cc(C)c(C(N)C(=O)O)cc1Cl. The molecule has 3 nitrogen and oxygen atoms in total. The number of carbonyl (C=O) groups is 1. The van der Waals surface area contributed by atoms with Gasteiger partial charge in [0.15, 0.2) is 0 Å². The van der Waals surface area contributed by atoms with E-state index in [-0.39, 0.29) is 0 Å². The zero-order valence-corrected chi connectivity index (χ0v) is 8.80. The van der Waals surface area contributed by atoms with Crippen molar-refractivity contribution in [2.24, 2.45) is 5.73 Å². The number of aliphatic carboxylic acids is 1. The van der Waals surface area contributed by atoms with Crippen LogP contribution in [0.5, 0.6) is 0 Å². The van der Waals surface area contributed by atoms with Gasteiger partial charge >= 0.3 is 5.97 Å². The van der Waals surface area contributed by atoms with E-state index < -0.39 is 12.0 Å². The highest BCUT2D eigenvalue weighted by atomic mass is 35.5. The molecule has 1 atom stereocenters. The summed E-state index contributed by atoms with van der Waals surface area (Å²) in [6.45, 7) is 3.69. The molecule has 0 saturated carbocycles. The molecule has 1 rings (SSSR count). The van der Waals surface area contributed by atoms with E-state index in [4.69, 9.17) is 22.4 Å². The van der Waals surface area contributed by atoms with Crippen LogP contribution < -0.4 is 5.73 Å². The monoisotopic (exact) mass is 213 g/mol. The predicted octanol–water partition coefficient (Wildman–Crippen LogP) is 2.04. The first-order chi connectivity index (χ1) is 6.43. The summed E-state index contributed by atoms with van der Waals surface area (Å²) in [7, 11) is 0. The van der Waals surface area contributed by atoms with Crippen LogP contribution in [0.1, 0.15) is 22.7 Å². The summed E-state index contributed by atoms with van der Waals surface area (Å²) in [6.07, 6.45) is 0. The Bertz CT molecular complexity index is 377. The normalized spacial score (nSPS) is 12.6. The number of hydrogen-bond donors (Lipinski definition) is 2. The second-order valence-corrected chi connectivity index (χ2v) is 3.68. The smallest absolute Gasteiger partial charge is 0.325 e. The molecule has 0 amide bonds. The van der Waals surface area contributed by atoms with Gasteiger partial charge in [-0.05, 0) is 36.6 Å². The third kappa shape index (κ3) is 2.05. The lowest BCUT2D eigenvalue weighted by Crippen LogP contribution is -2.21. The van der Waals surface area contributed by atoms with Crippen LogP contribution in [-0.4, -0.2) is 11.1 Å². The predicted molar refractivity (Wildman–Crippen MR) is 55.5 cm³/mol. The number of nitrogens with two attached hydrogens (primary N) is 1. The Kier molecular flexibility index (Phi) is 3.13. The van der Waals surface area contributed by atoms with Gasteiger partial charge in [-0.3, -0.25) is 4.79 Å². The van der Waals surface area contributed by atoms with E-state index in [0.717, 1.165) is 11.1 Å². The van der Waals surface area contributed by atoms with Crippen LogP contribution in [-0.2, 0) is 4.79 Å². The topological polar surface area (TPSA) is 63.3 Å². The van der Waals surface area contributed by atoms with Crippen molar-refractivity contribution in [1.82, 2.24) is 0 Å². The number of benzene rings is 1. The van der Waals surface area contributed by atoms with Gasteiger partial charge in [-0.15, -0.1) is 0 Å². The highest BCUT2D eigenvalue weighted by Crippen LogP contribution is 2.24. The van der Waals surface area contributed by atoms with E-state index in [0.29, 0.717) is 10.6 Å². The van der Waals surface area contributed by atoms with Crippen LogP contribution in [0, 0.1) is 13.8 Å². The van der Waals surface area contributed by atoms with Gasteiger partial charge in [-0.25, -0.2) is 0 Å². The molecule has 0 aliphatic heterocycles. The van der Waals surface area contributed by atoms with Gasteiger partial charge in [-0.1, -0.05) is 17.7 Å². The number of rotatable bonds is 2. The Labute approximate surface area is 87.5 Å². The molecule has 1 aromatic carbocycles. The molecule has 76 valence electrons. The second-order valence-electron chi connectivity index (χ2n) is 3.27. The average molecular weight is 214 g/mol. The molecule has 4 heteroatoms. The first-order valence-corrected chi connectivity index (χ1v) is 4.56. The zero-order chi connectivity index (χ0) is 10.9. The van der Waals surface area contributed by atoms with Gasteiger partial charge in [0.2, 0.25) is 0 Å². The summed E-state index contributed by atoms with van der Waals surface area (Å²) in [5.74, 6) is -1.05. The highest BCUT2D eigenvalue weighted by Gasteiger charge is 2.17. The summed E-state index contributed by atoms with van der Waals surface area (Å²) in [5.41, 5.74) is 7.83. The van der Waals surface area contributed by atoms with Crippen molar-refractivity contribution in [2.75, 3.05) is 0 Å². The third-order valence-electron chi connectivity index (χ3n) is 2.15. The Morgan fingerprint density at radius 2 is 2.00 bits per heavy atom. The van der Waals surface area contributed by atoms with Gasteiger partial charge in [0.25, 0.3) is 0 Å². The van der Waals surface area contributed by atoms with Crippen molar-refractivity contribution >= 4 is 17.6 Å². The zero-order valence-electron chi connectivity index (χ0n) is 8.04. The molecule has 0 aliphatic carbocycles. The third-order valence-corrected chi connectivity index (χ3v) is 2.56. The van der Waals surface area contributed by atoms with Crippen LogP contribution in [0.4, 0.5) is 0 Å². The molecule has 0 radical (unpaired) electrons. The Morgan fingerprint density at radius 3 is 2.50 bits per heavy atom. The number of halogens is 1. The van der Waals surface area contributed by atoms with Crippen molar-refractivity contribution in [1.29, 1.82) is 0 Å². The number of carboxylic acids is 1. The summed E-state index contributed by atoms with van der Waals surface area (Å²) in [5, 5.41) is 9.30. The average Bonchev–Trinajstić information content (AvgIpc) is 2.10. The van der Waals surface area contributed by atoms with E-state index in [1.807, 2.05) is 19.9 Å². The standard InChI is InChI=1S/C10H12ClNO2/c1-5-3-6(2)8(11)4-7(5)9(12)10(13)14/h3-4,9H,12H2,1-2H3,(H,13,14). The lowest BCUT2D eigenvalue weighted by atomic mass is 10.00.